The van der Waals surface area contributed by atoms with Crippen molar-refractivity contribution in [2.75, 3.05) is 19.6 Å². The van der Waals surface area contributed by atoms with E-state index in [2.05, 4.69) is 22.3 Å². The third-order valence-corrected chi connectivity index (χ3v) is 7.17. The Hall–Kier alpha value is -1.85. The molecule has 0 radical (unpaired) electrons. The minimum absolute atomic E-state index is 0.00561. The van der Waals surface area contributed by atoms with Crippen LogP contribution in [0.5, 0.6) is 0 Å². The Balaban J connectivity index is 1.16. The van der Waals surface area contributed by atoms with Gasteiger partial charge in [0.15, 0.2) is 0 Å². The van der Waals surface area contributed by atoms with Gasteiger partial charge < -0.3 is 14.5 Å². The average Bonchev–Trinajstić information content (AvgIpc) is 3.04. The summed E-state index contributed by atoms with van der Waals surface area (Å²) in [5.74, 6) is 2.55. The van der Waals surface area contributed by atoms with E-state index in [-0.39, 0.29) is 17.4 Å². The van der Waals surface area contributed by atoms with Crippen LogP contribution >= 0.6 is 0 Å². The molecule has 0 unspecified atom stereocenters. The van der Waals surface area contributed by atoms with Crippen LogP contribution in [0.4, 0.5) is 0 Å². The molecule has 1 amide bonds. The van der Waals surface area contributed by atoms with Crippen LogP contribution in [0.15, 0.2) is 34.7 Å². The number of hydrogen-bond donors (Lipinski definition) is 1. The molecular weight excluding hydrogens is 340 g/mol. The number of benzene rings is 1. The number of hydrogen-bond acceptors (Lipinski definition) is 4. The van der Waals surface area contributed by atoms with Crippen LogP contribution in [-0.4, -0.2) is 42.1 Å². The zero-order chi connectivity index (χ0) is 18.0. The number of nitrogens with zero attached hydrogens (tertiary/aromatic N) is 1. The third-order valence-electron chi connectivity index (χ3n) is 7.17. The van der Waals surface area contributed by atoms with Crippen LogP contribution in [0.1, 0.15) is 31.4 Å². The maximum atomic E-state index is 12.1. The first-order valence-electron chi connectivity index (χ1n) is 10.4. The van der Waals surface area contributed by atoms with E-state index >= 15 is 0 Å². The van der Waals surface area contributed by atoms with Crippen molar-refractivity contribution in [1.82, 2.24) is 10.2 Å². The molecule has 6 rings (SSSR count). The molecule has 1 N–H and O–H groups in total. The Kier molecular flexibility index (Phi) is 3.48. The molecule has 2 bridgehead atoms. The van der Waals surface area contributed by atoms with Gasteiger partial charge in [-0.2, -0.15) is 0 Å². The zero-order valence-electron chi connectivity index (χ0n) is 15.5. The predicted molar refractivity (Wildman–Crippen MR) is 101 cm³/mol. The molecule has 2 aromatic rings. The summed E-state index contributed by atoms with van der Waals surface area (Å²) in [7, 11) is 0. The topological polar surface area (TPSA) is 54.7 Å². The normalized spacial score (nSPS) is 35.0. The molecule has 4 fully saturated rings. The number of ether oxygens (including phenoxy) is 1. The van der Waals surface area contributed by atoms with Crippen LogP contribution in [0, 0.1) is 17.8 Å². The first-order valence-corrected chi connectivity index (χ1v) is 10.4. The monoisotopic (exact) mass is 366 g/mol. The van der Waals surface area contributed by atoms with Gasteiger partial charge in [-0.3, -0.25) is 9.69 Å². The Morgan fingerprint density at radius 2 is 2.15 bits per heavy atom. The van der Waals surface area contributed by atoms with Crippen molar-refractivity contribution < 1.29 is 13.9 Å². The van der Waals surface area contributed by atoms with Crippen molar-refractivity contribution in [3.05, 3.63) is 36.1 Å². The fourth-order valence-corrected chi connectivity index (χ4v) is 5.72. The number of rotatable bonds is 5. The summed E-state index contributed by atoms with van der Waals surface area (Å²) in [6.07, 6.45) is 4.76. The summed E-state index contributed by atoms with van der Waals surface area (Å²) < 4.78 is 12.5. The van der Waals surface area contributed by atoms with Crippen LogP contribution in [-0.2, 0) is 16.1 Å². The third kappa shape index (κ3) is 2.63. The number of fused-ring (bicyclic) bond motifs is 2. The Labute approximate surface area is 159 Å². The standard InChI is InChI=1S/C22H26N2O3/c25-21(14-5-6-14)23-10-17-18-12-24(13-22(18)8-7-20(17)27-22)11-16-9-15-3-1-2-4-19(15)26-16/h1-4,9,14,17-18,20H,5-8,10-13H2,(H,23,25)/t17-,18+,20+,22+/m0/s1. The molecule has 3 aliphatic heterocycles. The highest BCUT2D eigenvalue weighted by atomic mass is 16.5. The van der Waals surface area contributed by atoms with E-state index in [1.165, 1.54) is 5.39 Å². The van der Waals surface area contributed by atoms with E-state index in [0.29, 0.717) is 17.9 Å². The lowest BCUT2D eigenvalue weighted by Gasteiger charge is -2.29. The van der Waals surface area contributed by atoms with Crippen molar-refractivity contribution in [1.29, 1.82) is 0 Å². The molecule has 142 valence electrons. The molecule has 1 spiro atoms. The molecule has 4 aliphatic rings. The Morgan fingerprint density at radius 1 is 1.26 bits per heavy atom. The SMILES string of the molecule is O=C(NC[C@H]1[C@H]2CN(Cc3cc4ccccc4o3)C[C@]23CC[C@H]1O3)C1CC1. The molecule has 1 aliphatic carbocycles. The van der Waals surface area contributed by atoms with Gasteiger partial charge in [-0.05, 0) is 37.8 Å². The molecule has 4 heterocycles. The summed E-state index contributed by atoms with van der Waals surface area (Å²) in [6, 6.07) is 10.4. The molecule has 5 heteroatoms. The predicted octanol–water partition coefficient (Wildman–Crippen LogP) is 2.94. The van der Waals surface area contributed by atoms with Crippen LogP contribution in [0.2, 0.25) is 0 Å². The van der Waals surface area contributed by atoms with Crippen LogP contribution < -0.4 is 5.32 Å². The number of likely N-dealkylation sites (tertiary alicyclic amines) is 1. The van der Waals surface area contributed by atoms with E-state index in [9.17, 15) is 4.79 Å². The van der Waals surface area contributed by atoms with Gasteiger partial charge in [-0.15, -0.1) is 0 Å². The maximum absolute atomic E-state index is 12.1. The van der Waals surface area contributed by atoms with Gasteiger partial charge in [0, 0.05) is 42.8 Å². The molecule has 1 aromatic carbocycles. The van der Waals surface area contributed by atoms with Gasteiger partial charge in [0.1, 0.15) is 11.3 Å². The van der Waals surface area contributed by atoms with Crippen molar-refractivity contribution in [2.24, 2.45) is 17.8 Å². The minimum Gasteiger partial charge on any atom is -0.460 e. The summed E-state index contributed by atoms with van der Waals surface area (Å²) in [5.41, 5.74) is 0.967. The molecule has 3 saturated heterocycles. The second-order valence-electron chi connectivity index (χ2n) is 8.97. The summed E-state index contributed by atoms with van der Waals surface area (Å²) >= 11 is 0. The van der Waals surface area contributed by atoms with Gasteiger partial charge in [0.25, 0.3) is 0 Å². The lowest BCUT2D eigenvalue weighted by atomic mass is 9.73. The Bertz CT molecular complexity index is 856. The van der Waals surface area contributed by atoms with Crippen molar-refractivity contribution in [2.45, 2.75) is 43.9 Å². The Morgan fingerprint density at radius 3 is 3.00 bits per heavy atom. The number of carbonyl (C=O) groups excluding carboxylic acids is 1. The van der Waals surface area contributed by atoms with E-state index in [0.717, 1.165) is 63.2 Å². The molecule has 27 heavy (non-hydrogen) atoms. The highest BCUT2D eigenvalue weighted by Gasteiger charge is 2.62. The quantitative estimate of drug-likeness (QED) is 0.884. The van der Waals surface area contributed by atoms with Gasteiger partial charge in [0.05, 0.1) is 18.2 Å². The van der Waals surface area contributed by atoms with E-state index < -0.39 is 0 Å². The van der Waals surface area contributed by atoms with E-state index in [4.69, 9.17) is 9.15 Å². The number of amides is 1. The van der Waals surface area contributed by atoms with E-state index in [1.807, 2.05) is 18.2 Å². The largest absolute Gasteiger partial charge is 0.460 e. The maximum Gasteiger partial charge on any atom is 0.223 e. The lowest BCUT2D eigenvalue weighted by Crippen LogP contribution is -2.42. The molecular formula is C22H26N2O3. The number of furan rings is 1. The van der Waals surface area contributed by atoms with Crippen LogP contribution in [0.3, 0.4) is 0 Å². The highest BCUT2D eigenvalue weighted by molar-refractivity contribution is 5.80. The summed E-state index contributed by atoms with van der Waals surface area (Å²) in [5, 5.41) is 4.38. The van der Waals surface area contributed by atoms with Gasteiger partial charge in [-0.25, -0.2) is 0 Å². The van der Waals surface area contributed by atoms with Gasteiger partial charge in [-0.1, -0.05) is 18.2 Å². The summed E-state index contributed by atoms with van der Waals surface area (Å²) in [6.45, 7) is 3.64. The van der Waals surface area contributed by atoms with Crippen molar-refractivity contribution in [3.63, 3.8) is 0 Å². The van der Waals surface area contributed by atoms with Crippen LogP contribution in [0.25, 0.3) is 11.0 Å². The second-order valence-corrected chi connectivity index (χ2v) is 8.97. The molecule has 1 aromatic heterocycles. The number of nitrogens with one attached hydrogen (secondary N) is 1. The van der Waals surface area contributed by atoms with Crippen molar-refractivity contribution >= 4 is 16.9 Å². The first kappa shape index (κ1) is 16.1. The van der Waals surface area contributed by atoms with Gasteiger partial charge >= 0.3 is 0 Å². The fourth-order valence-electron chi connectivity index (χ4n) is 5.72. The molecule has 1 saturated carbocycles. The highest BCUT2D eigenvalue weighted by Crippen LogP contribution is 2.54. The zero-order valence-corrected chi connectivity index (χ0v) is 15.5. The lowest BCUT2D eigenvalue weighted by molar-refractivity contribution is -0.122. The second kappa shape index (κ2) is 5.82. The minimum atomic E-state index is 0.00561. The average molecular weight is 366 g/mol. The number of para-hydroxylation sites is 1. The van der Waals surface area contributed by atoms with E-state index in [1.54, 1.807) is 0 Å². The number of carbonyl (C=O) groups is 1. The fraction of sp³-hybridized carbons (Fsp3) is 0.591. The summed E-state index contributed by atoms with van der Waals surface area (Å²) in [4.78, 5) is 14.6. The molecule has 5 nitrogen and oxygen atoms in total. The smallest absolute Gasteiger partial charge is 0.223 e. The van der Waals surface area contributed by atoms with Gasteiger partial charge in [0.2, 0.25) is 5.91 Å². The molecule has 4 atom stereocenters. The first-order chi connectivity index (χ1) is 13.2. The van der Waals surface area contributed by atoms with Crippen molar-refractivity contribution in [3.8, 4) is 0 Å².